The Kier molecular flexibility index (Phi) is 7.21. The second-order valence-corrected chi connectivity index (χ2v) is 6.56. The van der Waals surface area contributed by atoms with E-state index in [9.17, 15) is 9.59 Å². The molecule has 0 radical (unpaired) electrons. The number of halogens is 1. The molecule has 144 valence electrons. The van der Waals surface area contributed by atoms with Gasteiger partial charge in [0.1, 0.15) is 11.8 Å². The Hall–Kier alpha value is -2.57. The van der Waals surface area contributed by atoms with Gasteiger partial charge in [0.2, 0.25) is 5.91 Å². The summed E-state index contributed by atoms with van der Waals surface area (Å²) in [5.74, 6) is -0.291. The van der Waals surface area contributed by atoms with E-state index < -0.39 is 12.0 Å². The van der Waals surface area contributed by atoms with E-state index in [1.165, 1.54) is 14.2 Å². The fourth-order valence-corrected chi connectivity index (χ4v) is 3.03. The van der Waals surface area contributed by atoms with Crippen molar-refractivity contribution in [3.8, 4) is 5.75 Å². The summed E-state index contributed by atoms with van der Waals surface area (Å²) in [6.07, 6.45) is 0. The SMILES string of the molecule is COC(=O)C(NCC(=O)Nc1cc(C)cc(C)c1)c1ccc(OC)c(Cl)c1. The van der Waals surface area contributed by atoms with Crippen LogP contribution >= 0.6 is 11.6 Å². The predicted octanol–water partition coefficient (Wildman–Crippen LogP) is 3.41. The number of ether oxygens (including phenoxy) is 2. The van der Waals surface area contributed by atoms with Crippen LogP contribution in [0.25, 0.3) is 0 Å². The lowest BCUT2D eigenvalue weighted by molar-refractivity contribution is -0.143. The molecule has 0 aliphatic carbocycles. The van der Waals surface area contributed by atoms with Crippen molar-refractivity contribution in [3.63, 3.8) is 0 Å². The number of rotatable bonds is 7. The summed E-state index contributed by atoms with van der Waals surface area (Å²) in [6.45, 7) is 3.85. The summed E-state index contributed by atoms with van der Waals surface area (Å²) in [5.41, 5.74) is 3.39. The molecular weight excluding hydrogens is 368 g/mol. The topological polar surface area (TPSA) is 76.7 Å². The van der Waals surface area contributed by atoms with E-state index in [1.807, 2.05) is 32.0 Å². The smallest absolute Gasteiger partial charge is 0.327 e. The van der Waals surface area contributed by atoms with Crippen LogP contribution in [-0.4, -0.2) is 32.6 Å². The molecule has 0 aliphatic rings. The third kappa shape index (κ3) is 5.70. The molecule has 0 aliphatic heterocycles. The second kappa shape index (κ2) is 9.39. The van der Waals surface area contributed by atoms with E-state index in [0.717, 1.165) is 11.1 Å². The highest BCUT2D eigenvalue weighted by atomic mass is 35.5. The average Bonchev–Trinajstić information content (AvgIpc) is 2.60. The van der Waals surface area contributed by atoms with Gasteiger partial charge < -0.3 is 14.8 Å². The molecule has 0 fully saturated rings. The molecule has 27 heavy (non-hydrogen) atoms. The quantitative estimate of drug-likeness (QED) is 0.708. The lowest BCUT2D eigenvalue weighted by atomic mass is 10.1. The van der Waals surface area contributed by atoms with E-state index in [2.05, 4.69) is 10.6 Å². The first kappa shape index (κ1) is 20.7. The second-order valence-electron chi connectivity index (χ2n) is 6.16. The number of amides is 1. The fraction of sp³-hybridized carbons (Fsp3) is 0.300. The first-order chi connectivity index (χ1) is 12.8. The summed E-state index contributed by atoms with van der Waals surface area (Å²) in [5, 5.41) is 6.10. The van der Waals surface area contributed by atoms with Gasteiger partial charge in [0.05, 0.1) is 25.8 Å². The van der Waals surface area contributed by atoms with Gasteiger partial charge in [-0.15, -0.1) is 0 Å². The van der Waals surface area contributed by atoms with Crippen LogP contribution in [0, 0.1) is 13.8 Å². The monoisotopic (exact) mass is 390 g/mol. The molecule has 1 amide bonds. The zero-order valence-electron chi connectivity index (χ0n) is 15.8. The van der Waals surface area contributed by atoms with Crippen molar-refractivity contribution in [1.29, 1.82) is 0 Å². The maximum Gasteiger partial charge on any atom is 0.327 e. The standard InChI is InChI=1S/C20H23ClN2O4/c1-12-7-13(2)9-15(8-12)23-18(24)11-22-19(20(25)27-4)14-5-6-17(26-3)16(21)10-14/h5-10,19,22H,11H2,1-4H3,(H,23,24). The summed E-state index contributed by atoms with van der Waals surface area (Å²) in [7, 11) is 2.80. The van der Waals surface area contributed by atoms with Crippen molar-refractivity contribution >= 4 is 29.2 Å². The number of anilines is 1. The maximum atomic E-state index is 12.3. The van der Waals surface area contributed by atoms with Gasteiger partial charge in [0, 0.05) is 5.69 Å². The minimum atomic E-state index is -0.830. The molecule has 2 aromatic carbocycles. The third-order valence-electron chi connectivity index (χ3n) is 3.92. The van der Waals surface area contributed by atoms with Gasteiger partial charge in [0.15, 0.2) is 0 Å². The van der Waals surface area contributed by atoms with Crippen LogP contribution in [-0.2, 0) is 14.3 Å². The largest absolute Gasteiger partial charge is 0.495 e. The highest BCUT2D eigenvalue weighted by molar-refractivity contribution is 6.32. The van der Waals surface area contributed by atoms with E-state index in [0.29, 0.717) is 22.0 Å². The minimum Gasteiger partial charge on any atom is -0.495 e. The van der Waals surface area contributed by atoms with E-state index >= 15 is 0 Å². The molecule has 0 saturated heterocycles. The number of methoxy groups -OCH3 is 2. The summed E-state index contributed by atoms with van der Waals surface area (Å²) in [4.78, 5) is 24.4. The fourth-order valence-electron chi connectivity index (χ4n) is 2.76. The highest BCUT2D eigenvalue weighted by Crippen LogP contribution is 2.28. The summed E-state index contributed by atoms with van der Waals surface area (Å²) >= 11 is 6.14. The van der Waals surface area contributed by atoms with Gasteiger partial charge in [-0.05, 0) is 54.8 Å². The highest BCUT2D eigenvalue weighted by Gasteiger charge is 2.23. The van der Waals surface area contributed by atoms with Gasteiger partial charge in [-0.1, -0.05) is 23.7 Å². The van der Waals surface area contributed by atoms with E-state index in [-0.39, 0.29) is 12.5 Å². The number of hydrogen-bond donors (Lipinski definition) is 2. The predicted molar refractivity (Wildman–Crippen MR) is 105 cm³/mol. The first-order valence-electron chi connectivity index (χ1n) is 8.37. The Morgan fingerprint density at radius 2 is 1.74 bits per heavy atom. The van der Waals surface area contributed by atoms with Gasteiger partial charge in [-0.3, -0.25) is 10.1 Å². The van der Waals surface area contributed by atoms with Crippen molar-refractivity contribution in [2.75, 3.05) is 26.1 Å². The Balaban J connectivity index is 2.09. The van der Waals surface area contributed by atoms with E-state index in [4.69, 9.17) is 21.1 Å². The van der Waals surface area contributed by atoms with Crippen LogP contribution in [0.1, 0.15) is 22.7 Å². The zero-order chi connectivity index (χ0) is 20.0. The van der Waals surface area contributed by atoms with Crippen molar-refractivity contribution in [2.45, 2.75) is 19.9 Å². The molecule has 0 bridgehead atoms. The molecule has 2 N–H and O–H groups in total. The average molecular weight is 391 g/mol. The van der Waals surface area contributed by atoms with Crippen molar-refractivity contribution in [1.82, 2.24) is 5.32 Å². The Labute approximate surface area is 163 Å². The van der Waals surface area contributed by atoms with Crippen LogP contribution in [0.4, 0.5) is 5.69 Å². The van der Waals surface area contributed by atoms with Crippen LogP contribution < -0.4 is 15.4 Å². The zero-order valence-corrected chi connectivity index (χ0v) is 16.5. The lowest BCUT2D eigenvalue weighted by Crippen LogP contribution is -2.35. The van der Waals surface area contributed by atoms with Crippen molar-refractivity contribution in [2.24, 2.45) is 0 Å². The van der Waals surface area contributed by atoms with Crippen molar-refractivity contribution in [3.05, 3.63) is 58.1 Å². The van der Waals surface area contributed by atoms with Crippen LogP contribution in [0.3, 0.4) is 0 Å². The van der Waals surface area contributed by atoms with Gasteiger partial charge in [0.25, 0.3) is 0 Å². The molecule has 2 aromatic rings. The molecule has 7 heteroatoms. The molecule has 0 aromatic heterocycles. The van der Waals surface area contributed by atoms with Crippen LogP contribution in [0.15, 0.2) is 36.4 Å². The molecule has 1 unspecified atom stereocenters. The molecule has 6 nitrogen and oxygen atoms in total. The molecule has 1 atom stereocenters. The normalized spacial score (nSPS) is 11.6. The number of carbonyl (C=O) groups is 2. The summed E-state index contributed by atoms with van der Waals surface area (Å²) in [6, 6.07) is 9.92. The first-order valence-corrected chi connectivity index (χ1v) is 8.74. The van der Waals surface area contributed by atoms with Crippen LogP contribution in [0.2, 0.25) is 5.02 Å². The summed E-state index contributed by atoms with van der Waals surface area (Å²) < 4.78 is 9.96. The number of esters is 1. The molecule has 2 rings (SSSR count). The van der Waals surface area contributed by atoms with Gasteiger partial charge in [-0.2, -0.15) is 0 Å². The molecule has 0 spiro atoms. The van der Waals surface area contributed by atoms with E-state index in [1.54, 1.807) is 18.2 Å². The Morgan fingerprint density at radius 1 is 1.07 bits per heavy atom. The third-order valence-corrected chi connectivity index (χ3v) is 4.21. The minimum absolute atomic E-state index is 0.0730. The van der Waals surface area contributed by atoms with Crippen molar-refractivity contribution < 1.29 is 19.1 Å². The lowest BCUT2D eigenvalue weighted by Gasteiger charge is -2.18. The van der Waals surface area contributed by atoms with Crippen LogP contribution in [0.5, 0.6) is 5.75 Å². The molecular formula is C20H23ClN2O4. The molecule has 0 saturated carbocycles. The van der Waals surface area contributed by atoms with Gasteiger partial charge in [-0.25, -0.2) is 4.79 Å². The Bertz CT molecular complexity index is 818. The number of nitrogens with one attached hydrogen (secondary N) is 2. The Morgan fingerprint density at radius 3 is 2.30 bits per heavy atom. The number of carbonyl (C=O) groups excluding carboxylic acids is 2. The molecule has 0 heterocycles. The number of aryl methyl sites for hydroxylation is 2. The number of benzene rings is 2. The van der Waals surface area contributed by atoms with Gasteiger partial charge >= 0.3 is 5.97 Å². The maximum absolute atomic E-state index is 12.3. The number of hydrogen-bond acceptors (Lipinski definition) is 5.